The third-order valence-electron chi connectivity index (χ3n) is 4.54. The van der Waals surface area contributed by atoms with Crippen molar-refractivity contribution in [3.05, 3.63) is 47.7 Å². The van der Waals surface area contributed by atoms with Gasteiger partial charge < -0.3 is 14.4 Å². The molecule has 0 amide bonds. The molecule has 0 bridgehead atoms. The van der Waals surface area contributed by atoms with Gasteiger partial charge in [-0.15, -0.1) is 0 Å². The summed E-state index contributed by atoms with van der Waals surface area (Å²) in [5, 5.41) is 4.12. The maximum absolute atomic E-state index is 13.9. The first-order valence-electron chi connectivity index (χ1n) is 9.80. The van der Waals surface area contributed by atoms with E-state index in [1.807, 2.05) is 0 Å². The van der Waals surface area contributed by atoms with Crippen molar-refractivity contribution in [2.45, 2.75) is 25.8 Å². The fourth-order valence-electron chi connectivity index (χ4n) is 3.28. The predicted octanol–water partition coefficient (Wildman–Crippen LogP) is 2.79. The number of nitrogens with zero attached hydrogens (tertiary/aromatic N) is 5. The number of rotatable bonds is 5. The fourth-order valence-corrected chi connectivity index (χ4v) is 3.28. The van der Waals surface area contributed by atoms with Gasteiger partial charge >= 0.3 is 5.97 Å². The van der Waals surface area contributed by atoms with Crippen LogP contribution in [0.15, 0.2) is 30.7 Å². The summed E-state index contributed by atoms with van der Waals surface area (Å²) in [5.41, 5.74) is 0.934. The number of hydrogen-bond acceptors (Lipinski definition) is 7. The highest BCUT2D eigenvalue weighted by Gasteiger charge is 2.31. The Morgan fingerprint density at radius 3 is 3.11 bits per heavy atom. The molecule has 4 rings (SSSR count). The van der Waals surface area contributed by atoms with E-state index in [1.165, 1.54) is 23.9 Å². The van der Waals surface area contributed by atoms with E-state index in [2.05, 4.69) is 15.1 Å². The highest BCUT2D eigenvalue weighted by molar-refractivity contribution is 5.95. The van der Waals surface area contributed by atoms with Gasteiger partial charge in [0.05, 0.1) is 32.2 Å². The van der Waals surface area contributed by atoms with Gasteiger partial charge in [0, 0.05) is 21.0 Å². The third-order valence-corrected chi connectivity index (χ3v) is 4.54. The number of carbonyl (C=O) groups is 1. The highest BCUT2D eigenvalue weighted by atomic mass is 19.1. The molecule has 9 heteroatoms. The Bertz CT molecular complexity index is 1110. The van der Waals surface area contributed by atoms with Gasteiger partial charge in [0.25, 0.3) is 0 Å². The van der Waals surface area contributed by atoms with E-state index in [0.29, 0.717) is 17.0 Å². The summed E-state index contributed by atoms with van der Waals surface area (Å²) in [6, 6.07) is 2.41. The Labute approximate surface area is 163 Å². The van der Waals surface area contributed by atoms with Gasteiger partial charge in [-0.1, -0.05) is 0 Å². The molecule has 0 aliphatic carbocycles. The van der Waals surface area contributed by atoms with Gasteiger partial charge in [-0.2, -0.15) is 5.10 Å². The molecule has 1 saturated heterocycles. The zero-order valence-electron chi connectivity index (χ0n) is 17.4. The van der Waals surface area contributed by atoms with Crippen LogP contribution in [0.4, 0.5) is 10.2 Å². The third kappa shape index (κ3) is 3.12. The second kappa shape index (κ2) is 7.41. The quantitative estimate of drug-likeness (QED) is 0.623. The van der Waals surface area contributed by atoms with Crippen LogP contribution in [0.3, 0.4) is 0 Å². The standard InChI is InChI=1S/C19H20FN5O3/c1-3-28-19(26)14-11-22-25-8-6-16(23-17(14)25)24-7-4-5-15(24)13-9-12(20)10-21-18(13)27-2/h6,8-11,15H,3-5,7H2,1-2H3/i4D2. The van der Waals surface area contributed by atoms with E-state index in [-0.39, 0.29) is 31.0 Å². The summed E-state index contributed by atoms with van der Waals surface area (Å²) in [6.45, 7) is 1.96. The molecular formula is C19H20FN5O3. The number of anilines is 1. The number of halogens is 1. The van der Waals surface area contributed by atoms with Crippen LogP contribution in [0.25, 0.3) is 5.65 Å². The molecule has 0 spiro atoms. The van der Waals surface area contributed by atoms with E-state index in [4.69, 9.17) is 12.2 Å². The zero-order chi connectivity index (χ0) is 21.5. The van der Waals surface area contributed by atoms with Crippen molar-refractivity contribution >= 4 is 17.4 Å². The highest BCUT2D eigenvalue weighted by Crippen LogP contribution is 2.38. The molecule has 3 aromatic rings. The van der Waals surface area contributed by atoms with E-state index >= 15 is 0 Å². The summed E-state index contributed by atoms with van der Waals surface area (Å²) < 4.78 is 42.3. The van der Waals surface area contributed by atoms with Gasteiger partial charge in [0.2, 0.25) is 5.88 Å². The largest absolute Gasteiger partial charge is 0.481 e. The number of ether oxygens (including phenoxy) is 2. The van der Waals surface area contributed by atoms with Crippen molar-refractivity contribution in [2.24, 2.45) is 0 Å². The number of aromatic nitrogens is 4. The second-order valence-electron chi connectivity index (χ2n) is 6.18. The predicted molar refractivity (Wildman–Crippen MR) is 99.0 cm³/mol. The zero-order valence-corrected chi connectivity index (χ0v) is 15.4. The van der Waals surface area contributed by atoms with Crippen molar-refractivity contribution in [2.75, 3.05) is 25.2 Å². The van der Waals surface area contributed by atoms with Crippen molar-refractivity contribution in [3.63, 3.8) is 0 Å². The van der Waals surface area contributed by atoms with Gasteiger partial charge in [-0.05, 0) is 31.9 Å². The van der Waals surface area contributed by atoms with Crippen molar-refractivity contribution in [3.8, 4) is 5.88 Å². The van der Waals surface area contributed by atoms with Gasteiger partial charge in [-0.3, -0.25) is 0 Å². The van der Waals surface area contributed by atoms with Crippen LogP contribution < -0.4 is 9.64 Å². The van der Waals surface area contributed by atoms with Gasteiger partial charge in [-0.25, -0.2) is 23.7 Å². The lowest BCUT2D eigenvalue weighted by Gasteiger charge is -2.26. The van der Waals surface area contributed by atoms with Crippen LogP contribution >= 0.6 is 0 Å². The van der Waals surface area contributed by atoms with Gasteiger partial charge in [0.15, 0.2) is 5.65 Å². The number of methoxy groups -OCH3 is 1. The van der Waals surface area contributed by atoms with Crippen LogP contribution in [0.1, 0.15) is 44.4 Å². The first-order valence-corrected chi connectivity index (χ1v) is 8.80. The summed E-state index contributed by atoms with van der Waals surface area (Å²) in [4.78, 5) is 22.4. The number of hydrogen-bond donors (Lipinski definition) is 0. The maximum Gasteiger partial charge on any atom is 0.343 e. The minimum absolute atomic E-state index is 0.0311. The van der Waals surface area contributed by atoms with Crippen molar-refractivity contribution in [1.29, 1.82) is 0 Å². The Morgan fingerprint density at radius 2 is 2.32 bits per heavy atom. The van der Waals surface area contributed by atoms with Gasteiger partial charge in [0.1, 0.15) is 17.2 Å². The van der Waals surface area contributed by atoms with Crippen LogP contribution in [-0.2, 0) is 4.74 Å². The number of pyridine rings is 1. The molecule has 1 aliphatic rings. The molecule has 0 N–H and O–H groups in total. The van der Waals surface area contributed by atoms with E-state index in [1.54, 1.807) is 24.1 Å². The molecule has 0 saturated carbocycles. The first-order chi connectivity index (χ1) is 14.3. The topological polar surface area (TPSA) is 81.8 Å². The molecule has 1 aliphatic heterocycles. The Kier molecular flexibility index (Phi) is 4.18. The molecule has 3 aromatic heterocycles. The Morgan fingerprint density at radius 1 is 1.46 bits per heavy atom. The maximum atomic E-state index is 13.9. The molecule has 1 unspecified atom stereocenters. The molecular weight excluding hydrogens is 365 g/mol. The van der Waals surface area contributed by atoms with E-state index in [0.717, 1.165) is 6.20 Å². The molecule has 146 valence electrons. The molecule has 8 nitrogen and oxygen atoms in total. The van der Waals surface area contributed by atoms with Crippen LogP contribution in [0.5, 0.6) is 5.88 Å². The van der Waals surface area contributed by atoms with Crippen LogP contribution in [-0.4, -0.2) is 45.8 Å². The fraction of sp³-hybridized carbons (Fsp3) is 0.368. The number of fused-ring (bicyclic) bond motifs is 1. The molecule has 28 heavy (non-hydrogen) atoms. The van der Waals surface area contributed by atoms with Crippen molar-refractivity contribution < 1.29 is 21.4 Å². The van der Waals surface area contributed by atoms with Crippen LogP contribution in [0, 0.1) is 5.82 Å². The number of esters is 1. The SMILES string of the molecule is [2H]C1([2H])CC(c2cc(F)cnc2OC)N(c2ccn3ncc(C(=O)OCC)c3n2)C1. The minimum Gasteiger partial charge on any atom is -0.481 e. The molecule has 0 aromatic carbocycles. The lowest BCUT2D eigenvalue weighted by Crippen LogP contribution is -2.24. The normalized spacial score (nSPS) is 19.4. The second-order valence-corrected chi connectivity index (χ2v) is 6.18. The Hall–Kier alpha value is -3.23. The summed E-state index contributed by atoms with van der Waals surface area (Å²) >= 11 is 0. The first kappa shape index (κ1) is 15.8. The lowest BCUT2D eigenvalue weighted by molar-refractivity contribution is 0.0528. The number of carbonyl (C=O) groups excluding carboxylic acids is 1. The summed E-state index contributed by atoms with van der Waals surface area (Å²) in [7, 11) is 1.43. The minimum atomic E-state index is -1.54. The Balaban J connectivity index is 1.79. The summed E-state index contributed by atoms with van der Waals surface area (Å²) in [6.07, 6.45) is 2.63. The average Bonchev–Trinajstić information content (AvgIpc) is 3.28. The van der Waals surface area contributed by atoms with E-state index < -0.39 is 24.2 Å². The van der Waals surface area contributed by atoms with Crippen molar-refractivity contribution in [1.82, 2.24) is 19.6 Å². The lowest BCUT2D eigenvalue weighted by atomic mass is 10.1. The molecule has 4 heterocycles. The molecule has 1 fully saturated rings. The van der Waals surface area contributed by atoms with E-state index in [9.17, 15) is 9.18 Å². The monoisotopic (exact) mass is 387 g/mol. The summed E-state index contributed by atoms with van der Waals surface area (Å²) in [5.74, 6) is -0.434. The van der Waals surface area contributed by atoms with Crippen LogP contribution in [0.2, 0.25) is 0 Å². The molecule has 0 radical (unpaired) electrons. The molecule has 1 atom stereocenters. The average molecular weight is 387 g/mol. The smallest absolute Gasteiger partial charge is 0.343 e.